The van der Waals surface area contributed by atoms with Crippen LogP contribution in [0.1, 0.15) is 77.0 Å². The maximum absolute atomic E-state index is 14.0. The topological polar surface area (TPSA) is 162 Å². The predicted molar refractivity (Wildman–Crippen MR) is 267 cm³/mol. The van der Waals surface area contributed by atoms with Gasteiger partial charge in [-0.2, -0.15) is 18.4 Å². The van der Waals surface area contributed by atoms with E-state index in [-0.39, 0.29) is 29.2 Å². The third-order valence-corrected chi connectivity index (χ3v) is 13.0. The molecule has 0 spiro atoms. The number of carbonyl (C=O) groups is 4. The molecule has 3 heterocycles. The summed E-state index contributed by atoms with van der Waals surface area (Å²) in [6, 6.07) is 25.8. The van der Waals surface area contributed by atoms with E-state index < -0.39 is 52.2 Å². The summed E-state index contributed by atoms with van der Waals surface area (Å²) in [5.74, 6) is -0.806. The first-order valence-electron chi connectivity index (χ1n) is 23.3. The molecule has 0 unspecified atom stereocenters. The Balaban J connectivity index is 0.833. The molecule has 14 nitrogen and oxygen atoms in total. The van der Waals surface area contributed by atoms with Crippen LogP contribution < -0.4 is 25.2 Å². The summed E-state index contributed by atoms with van der Waals surface area (Å²) >= 11 is 5.67. The van der Waals surface area contributed by atoms with Crippen molar-refractivity contribution in [1.29, 1.82) is 5.26 Å². The number of nitriles is 1. The van der Waals surface area contributed by atoms with Gasteiger partial charge in [-0.1, -0.05) is 69.3 Å². The number of halogens is 3. The van der Waals surface area contributed by atoms with Gasteiger partial charge in [-0.25, -0.2) is 4.98 Å². The largest absolute Gasteiger partial charge is 0.494 e. The second-order valence-corrected chi connectivity index (χ2v) is 19.6. The summed E-state index contributed by atoms with van der Waals surface area (Å²) < 4.78 is 54.8. The number of thiocarbonyl (C=S) groups is 1. The van der Waals surface area contributed by atoms with Gasteiger partial charge in [-0.3, -0.25) is 24.1 Å². The average Bonchev–Trinajstić information content (AvgIpc) is 4.05. The van der Waals surface area contributed by atoms with Gasteiger partial charge in [0.2, 0.25) is 17.7 Å². The Morgan fingerprint density at radius 3 is 2.17 bits per heavy atom. The Morgan fingerprint density at radius 2 is 1.55 bits per heavy atom. The van der Waals surface area contributed by atoms with Crippen molar-refractivity contribution in [2.45, 2.75) is 90.6 Å². The fraction of sp³-hybridized carbons (Fsp3) is 0.377. The highest BCUT2D eigenvalue weighted by molar-refractivity contribution is 7.81. The van der Waals surface area contributed by atoms with Crippen LogP contribution >= 0.6 is 12.2 Å². The Labute approximate surface area is 416 Å². The van der Waals surface area contributed by atoms with Crippen molar-refractivity contribution in [1.82, 2.24) is 25.1 Å². The van der Waals surface area contributed by atoms with Crippen LogP contribution in [0.15, 0.2) is 104 Å². The average molecular weight is 991 g/mol. The zero-order valence-corrected chi connectivity index (χ0v) is 41.3. The smallest absolute Gasteiger partial charge is 0.417 e. The molecule has 5 aromatic rings. The monoisotopic (exact) mass is 990 g/mol. The van der Waals surface area contributed by atoms with Crippen LogP contribution in [0.25, 0.3) is 22.4 Å². The Kier molecular flexibility index (Phi) is 15.7. The first kappa shape index (κ1) is 51.7. The second kappa shape index (κ2) is 21.5. The van der Waals surface area contributed by atoms with Crippen LogP contribution in [-0.2, 0) is 43.7 Å². The van der Waals surface area contributed by atoms with Crippen molar-refractivity contribution in [3.63, 3.8) is 0 Å². The van der Waals surface area contributed by atoms with E-state index in [1.54, 1.807) is 54.4 Å². The van der Waals surface area contributed by atoms with E-state index in [0.717, 1.165) is 45.0 Å². The molecule has 2 fully saturated rings. The summed E-state index contributed by atoms with van der Waals surface area (Å²) in [5, 5.41) is 15.1. The standard InChI is InChI=1S/C53H57F3N8O6S/c1-51(2,3)46(48(67)62-25-9-10-43(62)47(66)59-30-34-11-13-37(14-12-34)44-31-58-33-61(44)6)60-45(65)32-69-26-7-8-27-70-41-23-18-36(19-24-41)35-15-20-39(21-16-35)64-50(71)63(49(68)52(64,4)5)40-22-17-38(29-57)42(28-40)53(54,55)56/h11-24,28,31,33,43,46H,7-10,25-27,30,32H2,1-6H3,(H,59,66)(H,60,65)/t43-,46+/m0/s1. The van der Waals surface area contributed by atoms with E-state index in [0.29, 0.717) is 63.4 Å². The lowest BCUT2D eigenvalue weighted by Crippen LogP contribution is -2.58. The number of aryl methyl sites for hydroxylation is 1. The molecule has 0 bridgehead atoms. The molecule has 4 aromatic carbocycles. The summed E-state index contributed by atoms with van der Waals surface area (Å²) in [6.45, 7) is 10.1. The van der Waals surface area contributed by atoms with Crippen molar-refractivity contribution >= 4 is 52.3 Å². The van der Waals surface area contributed by atoms with Gasteiger partial charge < -0.3 is 34.5 Å². The first-order valence-corrected chi connectivity index (χ1v) is 23.7. The lowest BCUT2D eigenvalue weighted by atomic mass is 9.85. The highest BCUT2D eigenvalue weighted by Gasteiger charge is 2.51. The fourth-order valence-corrected chi connectivity index (χ4v) is 9.24. The number of likely N-dealkylation sites (tertiary alicyclic amines) is 1. The lowest BCUT2D eigenvalue weighted by Gasteiger charge is -2.35. The van der Waals surface area contributed by atoms with Gasteiger partial charge in [0.15, 0.2) is 5.11 Å². The third kappa shape index (κ3) is 11.8. The van der Waals surface area contributed by atoms with E-state index >= 15 is 0 Å². The molecule has 2 N–H and O–H groups in total. The van der Waals surface area contributed by atoms with Crippen molar-refractivity contribution in [3.8, 4) is 34.2 Å². The molecule has 2 atom stereocenters. The number of unbranched alkanes of at least 4 members (excludes halogenated alkanes) is 1. The number of hydrogen-bond donors (Lipinski definition) is 2. The quantitative estimate of drug-likeness (QED) is 0.0682. The number of rotatable bonds is 17. The van der Waals surface area contributed by atoms with Crippen LogP contribution in [0.2, 0.25) is 0 Å². The molecular formula is C53H57F3N8O6S. The summed E-state index contributed by atoms with van der Waals surface area (Å²) in [4.78, 5) is 62.5. The molecule has 4 amide bonds. The highest BCUT2D eigenvalue weighted by Crippen LogP contribution is 2.40. The molecule has 372 valence electrons. The number of nitrogens with one attached hydrogen (secondary N) is 2. The number of alkyl halides is 3. The number of anilines is 2. The zero-order valence-electron chi connectivity index (χ0n) is 40.5. The number of ether oxygens (including phenoxy) is 2. The van der Waals surface area contributed by atoms with Gasteiger partial charge >= 0.3 is 6.18 Å². The van der Waals surface area contributed by atoms with E-state index in [1.807, 2.05) is 93.0 Å². The van der Waals surface area contributed by atoms with Crippen LogP contribution in [0.3, 0.4) is 0 Å². The van der Waals surface area contributed by atoms with Crippen molar-refractivity contribution in [2.75, 3.05) is 36.2 Å². The van der Waals surface area contributed by atoms with E-state index in [1.165, 1.54) is 6.07 Å². The number of hydrogen-bond acceptors (Lipinski definition) is 9. The van der Waals surface area contributed by atoms with Gasteiger partial charge in [0.25, 0.3) is 5.91 Å². The lowest BCUT2D eigenvalue weighted by molar-refractivity contribution is -0.144. The third-order valence-electron chi connectivity index (χ3n) is 12.6. The number of amides is 4. The normalized spacial score (nSPS) is 16.2. The Bertz CT molecular complexity index is 2800. The molecule has 2 aliphatic heterocycles. The number of benzene rings is 4. The summed E-state index contributed by atoms with van der Waals surface area (Å²) in [6.07, 6.45) is 1.23. The maximum Gasteiger partial charge on any atom is 0.417 e. The van der Waals surface area contributed by atoms with Gasteiger partial charge in [0.05, 0.1) is 47.7 Å². The van der Waals surface area contributed by atoms with Crippen LogP contribution in [0, 0.1) is 16.7 Å². The number of nitrogens with zero attached hydrogens (tertiary/aromatic N) is 6. The number of carbonyl (C=O) groups excluding carboxylic acids is 4. The minimum absolute atomic E-state index is 0.00911. The molecule has 2 saturated heterocycles. The van der Waals surface area contributed by atoms with Crippen molar-refractivity contribution in [2.24, 2.45) is 12.5 Å². The number of aromatic nitrogens is 2. The predicted octanol–water partition coefficient (Wildman–Crippen LogP) is 8.58. The Morgan fingerprint density at radius 1 is 0.915 bits per heavy atom. The molecule has 7 rings (SSSR count). The van der Waals surface area contributed by atoms with E-state index in [2.05, 4.69) is 15.6 Å². The Hall–Kier alpha value is -7.10. The second-order valence-electron chi connectivity index (χ2n) is 19.2. The summed E-state index contributed by atoms with van der Waals surface area (Å²) in [5.41, 5.74) is 1.63. The molecular weight excluding hydrogens is 934 g/mol. The molecule has 0 saturated carbocycles. The van der Waals surface area contributed by atoms with E-state index in [9.17, 15) is 37.6 Å². The molecule has 1 aromatic heterocycles. The molecule has 2 aliphatic rings. The molecule has 0 radical (unpaired) electrons. The van der Waals surface area contributed by atoms with Crippen LogP contribution in [-0.4, -0.2) is 87.2 Å². The minimum Gasteiger partial charge on any atom is -0.494 e. The van der Waals surface area contributed by atoms with Crippen molar-refractivity contribution in [3.05, 3.63) is 120 Å². The minimum atomic E-state index is -4.80. The van der Waals surface area contributed by atoms with Gasteiger partial charge in [-0.05, 0) is 122 Å². The molecule has 0 aliphatic carbocycles. The van der Waals surface area contributed by atoms with Crippen molar-refractivity contribution < 1.29 is 41.8 Å². The molecule has 18 heteroatoms. The SMILES string of the molecule is Cn1cncc1-c1ccc(CNC(=O)[C@@H]2CCCN2C(=O)[C@@H](NC(=O)COCCCCOc2ccc(-c3ccc(N4C(=S)N(c5ccc(C#N)c(C(F)(F)F)c5)C(=O)C4(C)C)cc3)cc2)C(C)(C)C)cc1. The highest BCUT2D eigenvalue weighted by atomic mass is 32.1. The van der Waals surface area contributed by atoms with E-state index in [4.69, 9.17) is 21.7 Å². The van der Waals surface area contributed by atoms with Gasteiger partial charge in [0, 0.05) is 32.4 Å². The van der Waals surface area contributed by atoms with Gasteiger partial charge in [-0.15, -0.1) is 0 Å². The van der Waals surface area contributed by atoms with Crippen LogP contribution in [0.5, 0.6) is 5.75 Å². The summed E-state index contributed by atoms with van der Waals surface area (Å²) in [7, 11) is 1.93. The van der Waals surface area contributed by atoms with Gasteiger partial charge in [0.1, 0.15) is 30.0 Å². The van der Waals surface area contributed by atoms with Crippen LogP contribution in [0.4, 0.5) is 24.5 Å². The molecule has 71 heavy (non-hydrogen) atoms. The first-order chi connectivity index (χ1) is 33.7. The maximum atomic E-state index is 14.0. The number of imidazole rings is 1. The fourth-order valence-electron chi connectivity index (χ4n) is 8.72. The zero-order chi connectivity index (χ0) is 51.3.